The highest BCUT2D eigenvalue weighted by molar-refractivity contribution is 6.06. The van der Waals surface area contributed by atoms with Gasteiger partial charge in [-0.15, -0.1) is 0 Å². The van der Waals surface area contributed by atoms with Crippen LogP contribution >= 0.6 is 0 Å². The maximum Gasteiger partial charge on any atom is 0.407 e. The van der Waals surface area contributed by atoms with Crippen LogP contribution < -0.4 is 5.32 Å². The lowest BCUT2D eigenvalue weighted by Gasteiger charge is -2.29. The predicted octanol–water partition coefficient (Wildman–Crippen LogP) is 3.74. The first-order valence-electron chi connectivity index (χ1n) is 10.7. The number of amides is 1. The van der Waals surface area contributed by atoms with Gasteiger partial charge in [-0.1, -0.05) is 30.3 Å². The molecule has 1 aliphatic rings. The van der Waals surface area contributed by atoms with Gasteiger partial charge in [0.25, 0.3) is 0 Å². The standard InChI is InChI=1S/C23H29N3O5/c1-3-30-22(28)13-21(27)20-14-24-26(16(20)2)19-11-9-18(10-12-19)25-23(29)31-15-17-7-5-4-6-8-17/h4-8,14,18-19H,3,9-13,15H2,1-2H3,(H,25,29)/t18-,19-. The van der Waals surface area contributed by atoms with Crippen molar-refractivity contribution in [2.75, 3.05) is 6.61 Å². The summed E-state index contributed by atoms with van der Waals surface area (Å²) in [5.41, 5.74) is 2.16. The maximum absolute atomic E-state index is 12.4. The number of esters is 1. The minimum Gasteiger partial charge on any atom is -0.466 e. The molecule has 0 saturated heterocycles. The first-order valence-corrected chi connectivity index (χ1v) is 10.7. The highest BCUT2D eigenvalue weighted by Crippen LogP contribution is 2.30. The molecule has 0 bridgehead atoms. The van der Waals surface area contributed by atoms with Crippen molar-refractivity contribution in [3.63, 3.8) is 0 Å². The van der Waals surface area contributed by atoms with Gasteiger partial charge in [0.05, 0.1) is 24.4 Å². The zero-order valence-corrected chi connectivity index (χ0v) is 18.0. The molecule has 1 heterocycles. The number of hydrogen-bond acceptors (Lipinski definition) is 6. The maximum atomic E-state index is 12.4. The van der Waals surface area contributed by atoms with Gasteiger partial charge in [0.15, 0.2) is 5.78 Å². The zero-order chi connectivity index (χ0) is 22.2. The van der Waals surface area contributed by atoms with Crippen LogP contribution in [0.5, 0.6) is 0 Å². The van der Waals surface area contributed by atoms with Crippen LogP contribution in [0.15, 0.2) is 36.5 Å². The normalized spacial score (nSPS) is 18.3. The second-order valence-corrected chi connectivity index (χ2v) is 7.70. The molecular weight excluding hydrogens is 398 g/mol. The summed E-state index contributed by atoms with van der Waals surface area (Å²) in [5, 5.41) is 7.33. The van der Waals surface area contributed by atoms with Gasteiger partial charge in [-0.25, -0.2) is 4.79 Å². The zero-order valence-electron chi connectivity index (χ0n) is 18.0. The quantitative estimate of drug-likeness (QED) is 0.391. The summed E-state index contributed by atoms with van der Waals surface area (Å²) in [4.78, 5) is 36.0. The topological polar surface area (TPSA) is 99.5 Å². The van der Waals surface area contributed by atoms with E-state index in [1.807, 2.05) is 41.9 Å². The third-order valence-corrected chi connectivity index (χ3v) is 5.53. The number of nitrogens with one attached hydrogen (secondary N) is 1. The number of hydrogen-bond donors (Lipinski definition) is 1. The third kappa shape index (κ3) is 6.16. The Hall–Kier alpha value is -3.16. The molecule has 3 rings (SSSR count). The molecule has 1 aromatic carbocycles. The molecule has 1 saturated carbocycles. The summed E-state index contributed by atoms with van der Waals surface area (Å²) in [7, 11) is 0. The van der Waals surface area contributed by atoms with Crippen molar-refractivity contribution in [2.24, 2.45) is 0 Å². The number of Topliss-reactive ketones (excluding diaryl/α,β-unsaturated/α-hetero) is 1. The van der Waals surface area contributed by atoms with Crippen LogP contribution in [-0.2, 0) is 20.9 Å². The average molecular weight is 428 g/mol. The molecule has 8 heteroatoms. The summed E-state index contributed by atoms with van der Waals surface area (Å²) in [6, 6.07) is 9.77. The van der Waals surface area contributed by atoms with Crippen LogP contribution in [0, 0.1) is 6.92 Å². The van der Waals surface area contributed by atoms with Crippen molar-refractivity contribution in [3.8, 4) is 0 Å². The Morgan fingerprint density at radius 3 is 2.48 bits per heavy atom. The van der Waals surface area contributed by atoms with Gasteiger partial charge in [-0.05, 0) is 45.1 Å². The van der Waals surface area contributed by atoms with E-state index >= 15 is 0 Å². The van der Waals surface area contributed by atoms with Gasteiger partial charge >= 0.3 is 12.1 Å². The fraction of sp³-hybridized carbons (Fsp3) is 0.478. The van der Waals surface area contributed by atoms with Gasteiger partial charge < -0.3 is 14.8 Å². The highest BCUT2D eigenvalue weighted by Gasteiger charge is 2.27. The van der Waals surface area contributed by atoms with Crippen LogP contribution in [-0.4, -0.2) is 40.3 Å². The molecule has 1 fully saturated rings. The number of aromatic nitrogens is 2. The predicted molar refractivity (Wildman–Crippen MR) is 114 cm³/mol. The van der Waals surface area contributed by atoms with E-state index in [2.05, 4.69) is 10.4 Å². The fourth-order valence-corrected chi connectivity index (χ4v) is 3.90. The van der Waals surface area contributed by atoms with Gasteiger partial charge in [0.1, 0.15) is 13.0 Å². The molecule has 1 aromatic heterocycles. The van der Waals surface area contributed by atoms with Crippen molar-refractivity contribution in [1.82, 2.24) is 15.1 Å². The Balaban J connectivity index is 1.47. The summed E-state index contributed by atoms with van der Waals surface area (Å²) >= 11 is 0. The van der Waals surface area contributed by atoms with Crippen LogP contribution in [0.1, 0.15) is 66.7 Å². The van der Waals surface area contributed by atoms with Crippen molar-refractivity contribution in [1.29, 1.82) is 0 Å². The average Bonchev–Trinajstić information content (AvgIpc) is 3.15. The number of rotatable bonds is 8. The second kappa shape index (κ2) is 10.7. The van der Waals surface area contributed by atoms with E-state index in [9.17, 15) is 14.4 Å². The summed E-state index contributed by atoms with van der Waals surface area (Å²) in [6.07, 6.45) is 4.11. The molecule has 1 amide bonds. The molecule has 0 aliphatic heterocycles. The lowest BCUT2D eigenvalue weighted by Crippen LogP contribution is -2.38. The minimum absolute atomic E-state index is 0.0558. The first-order chi connectivity index (χ1) is 15.0. The lowest BCUT2D eigenvalue weighted by atomic mass is 9.91. The number of ketones is 1. The Labute approximate surface area is 181 Å². The smallest absolute Gasteiger partial charge is 0.407 e. The molecule has 1 aliphatic carbocycles. The van der Waals surface area contributed by atoms with Gasteiger partial charge in [0.2, 0.25) is 0 Å². The van der Waals surface area contributed by atoms with Crippen molar-refractivity contribution in [3.05, 3.63) is 53.3 Å². The highest BCUT2D eigenvalue weighted by atomic mass is 16.5. The Morgan fingerprint density at radius 1 is 1.10 bits per heavy atom. The number of alkyl carbamates (subject to hydrolysis) is 1. The van der Waals surface area contributed by atoms with E-state index in [-0.39, 0.29) is 37.5 Å². The van der Waals surface area contributed by atoms with E-state index < -0.39 is 12.1 Å². The van der Waals surface area contributed by atoms with Crippen LogP contribution in [0.2, 0.25) is 0 Å². The summed E-state index contributed by atoms with van der Waals surface area (Å²) in [5.74, 6) is -0.802. The van der Waals surface area contributed by atoms with Gasteiger partial charge in [0, 0.05) is 11.7 Å². The summed E-state index contributed by atoms with van der Waals surface area (Å²) in [6.45, 7) is 4.05. The molecular formula is C23H29N3O5. The Morgan fingerprint density at radius 2 is 1.81 bits per heavy atom. The second-order valence-electron chi connectivity index (χ2n) is 7.70. The van der Waals surface area contributed by atoms with Crippen LogP contribution in [0.4, 0.5) is 4.79 Å². The minimum atomic E-state index is -0.523. The van der Waals surface area contributed by atoms with Gasteiger partial charge in [-0.2, -0.15) is 5.10 Å². The molecule has 0 unspecified atom stereocenters. The van der Waals surface area contributed by atoms with E-state index in [1.54, 1.807) is 6.92 Å². The molecule has 0 radical (unpaired) electrons. The molecule has 1 N–H and O–H groups in total. The van der Waals surface area contributed by atoms with Crippen molar-refractivity contribution >= 4 is 17.8 Å². The summed E-state index contributed by atoms with van der Waals surface area (Å²) < 4.78 is 12.0. The number of ether oxygens (including phenoxy) is 2. The van der Waals surface area contributed by atoms with E-state index in [1.165, 1.54) is 6.20 Å². The van der Waals surface area contributed by atoms with E-state index in [0.717, 1.165) is 36.9 Å². The first kappa shape index (κ1) is 22.5. The van der Waals surface area contributed by atoms with Gasteiger partial charge in [-0.3, -0.25) is 14.3 Å². The fourth-order valence-electron chi connectivity index (χ4n) is 3.90. The number of carbonyl (C=O) groups is 3. The monoisotopic (exact) mass is 427 g/mol. The third-order valence-electron chi connectivity index (χ3n) is 5.53. The SMILES string of the molecule is CCOC(=O)CC(=O)c1cnn([C@H]2CC[C@H](NC(=O)OCc3ccccc3)CC2)c1C. The molecule has 31 heavy (non-hydrogen) atoms. The van der Waals surface area contributed by atoms with Crippen LogP contribution in [0.25, 0.3) is 0 Å². The van der Waals surface area contributed by atoms with Crippen molar-refractivity contribution in [2.45, 2.75) is 64.6 Å². The van der Waals surface area contributed by atoms with E-state index in [4.69, 9.17) is 9.47 Å². The van der Waals surface area contributed by atoms with Crippen LogP contribution in [0.3, 0.4) is 0 Å². The molecule has 8 nitrogen and oxygen atoms in total. The molecule has 0 atom stereocenters. The van der Waals surface area contributed by atoms with Crippen molar-refractivity contribution < 1.29 is 23.9 Å². The van der Waals surface area contributed by atoms with E-state index in [0.29, 0.717) is 5.56 Å². The molecule has 0 spiro atoms. The largest absolute Gasteiger partial charge is 0.466 e. The lowest BCUT2D eigenvalue weighted by molar-refractivity contribution is -0.141. The molecule has 166 valence electrons. The number of carbonyl (C=O) groups excluding carboxylic acids is 3. The number of benzene rings is 1. The Bertz CT molecular complexity index is 901. The Kier molecular flexibility index (Phi) is 7.81. The number of nitrogens with zero attached hydrogens (tertiary/aromatic N) is 2. The molecule has 2 aromatic rings.